The van der Waals surface area contributed by atoms with Gasteiger partial charge in [-0.15, -0.1) is 0 Å². The Morgan fingerprint density at radius 3 is 2.65 bits per heavy atom. The monoisotopic (exact) mass is 376 g/mol. The van der Waals surface area contributed by atoms with E-state index < -0.39 is 5.97 Å². The van der Waals surface area contributed by atoms with Gasteiger partial charge in [0.25, 0.3) is 5.91 Å². The van der Waals surface area contributed by atoms with Crippen LogP contribution in [0.1, 0.15) is 40.1 Å². The van der Waals surface area contributed by atoms with Crippen LogP contribution < -0.4 is 10.1 Å². The van der Waals surface area contributed by atoms with E-state index in [-0.39, 0.29) is 11.1 Å². The smallest absolute Gasteiger partial charge is 0.341 e. The number of esters is 1. The molecule has 0 aliphatic rings. The third kappa shape index (κ3) is 5.20. The van der Waals surface area contributed by atoms with Gasteiger partial charge >= 0.3 is 5.97 Å². The summed E-state index contributed by atoms with van der Waals surface area (Å²) in [5.74, 6) is -0.219. The molecule has 1 aromatic heterocycles. The van der Waals surface area contributed by atoms with Gasteiger partial charge in [0, 0.05) is 12.7 Å². The van der Waals surface area contributed by atoms with Gasteiger partial charge in [-0.3, -0.25) is 4.79 Å². The average Bonchev–Trinajstić information content (AvgIpc) is 2.62. The zero-order chi connectivity index (χ0) is 18.9. The van der Waals surface area contributed by atoms with Crippen molar-refractivity contribution in [3.63, 3.8) is 0 Å². The second-order valence-corrected chi connectivity index (χ2v) is 5.69. The van der Waals surface area contributed by atoms with Crippen LogP contribution in [-0.4, -0.2) is 36.6 Å². The summed E-state index contributed by atoms with van der Waals surface area (Å²) < 4.78 is 10.6. The van der Waals surface area contributed by atoms with Gasteiger partial charge in [-0.25, -0.2) is 9.78 Å². The molecule has 2 rings (SSSR count). The number of rotatable bonds is 8. The normalized spacial score (nSPS) is 10.3. The lowest BCUT2D eigenvalue weighted by atomic mass is 10.1. The van der Waals surface area contributed by atoms with Crippen LogP contribution in [0.4, 0.5) is 0 Å². The van der Waals surface area contributed by atoms with Crippen LogP contribution in [0.15, 0.2) is 36.5 Å². The number of amides is 1. The highest BCUT2D eigenvalue weighted by atomic mass is 35.5. The fourth-order valence-corrected chi connectivity index (χ4v) is 2.55. The van der Waals surface area contributed by atoms with Gasteiger partial charge in [-0.2, -0.15) is 0 Å². The van der Waals surface area contributed by atoms with Crippen molar-refractivity contribution < 1.29 is 19.1 Å². The molecule has 0 atom stereocenters. The Morgan fingerprint density at radius 1 is 1.15 bits per heavy atom. The van der Waals surface area contributed by atoms with E-state index in [2.05, 4.69) is 10.3 Å². The molecule has 0 saturated carbocycles. The van der Waals surface area contributed by atoms with E-state index in [9.17, 15) is 9.59 Å². The van der Waals surface area contributed by atoms with Crippen LogP contribution in [0.3, 0.4) is 0 Å². The molecule has 0 radical (unpaired) electrons. The predicted molar refractivity (Wildman–Crippen MR) is 98.9 cm³/mol. The standard InChI is InChI=1S/C19H21ClN2O4/c1-3-25-16-12-13(7-8-14(16)19(24)26-4-2)9-11-22-18(23)15-6-5-10-21-17(15)20/h5-8,10,12H,3-4,9,11H2,1-2H3,(H,22,23). The summed E-state index contributed by atoms with van der Waals surface area (Å²) in [4.78, 5) is 28.0. The minimum Gasteiger partial charge on any atom is -0.493 e. The lowest BCUT2D eigenvalue weighted by molar-refractivity contribution is 0.0522. The number of carbonyl (C=O) groups is 2. The van der Waals surface area contributed by atoms with Crippen LogP contribution in [0.5, 0.6) is 5.75 Å². The predicted octanol–water partition coefficient (Wildman–Crippen LogP) is 3.28. The van der Waals surface area contributed by atoms with Crippen LogP contribution in [0, 0.1) is 0 Å². The van der Waals surface area contributed by atoms with Crippen LogP contribution >= 0.6 is 11.6 Å². The van der Waals surface area contributed by atoms with Crippen molar-refractivity contribution in [2.45, 2.75) is 20.3 Å². The lowest BCUT2D eigenvalue weighted by Gasteiger charge is -2.12. The van der Waals surface area contributed by atoms with E-state index in [1.807, 2.05) is 13.0 Å². The minimum absolute atomic E-state index is 0.169. The fraction of sp³-hybridized carbons (Fsp3) is 0.316. The maximum Gasteiger partial charge on any atom is 0.341 e. The summed E-state index contributed by atoms with van der Waals surface area (Å²) >= 11 is 5.91. The quantitative estimate of drug-likeness (QED) is 0.565. The molecule has 0 bridgehead atoms. The van der Waals surface area contributed by atoms with Gasteiger partial charge in [0.2, 0.25) is 0 Å². The average molecular weight is 377 g/mol. The number of carbonyl (C=O) groups excluding carboxylic acids is 2. The number of ether oxygens (including phenoxy) is 2. The highest BCUT2D eigenvalue weighted by Gasteiger charge is 2.15. The molecule has 0 fully saturated rings. The Bertz CT molecular complexity index is 780. The molecule has 138 valence electrons. The Labute approximate surface area is 157 Å². The summed E-state index contributed by atoms with van der Waals surface area (Å²) in [6.07, 6.45) is 2.10. The van der Waals surface area contributed by atoms with Crippen LogP contribution in [-0.2, 0) is 11.2 Å². The molecule has 2 aromatic rings. The maximum atomic E-state index is 12.1. The summed E-state index contributed by atoms with van der Waals surface area (Å²) in [5.41, 5.74) is 1.66. The van der Waals surface area contributed by atoms with E-state index in [0.29, 0.717) is 43.1 Å². The highest BCUT2D eigenvalue weighted by Crippen LogP contribution is 2.22. The molecule has 7 heteroatoms. The van der Waals surface area contributed by atoms with E-state index >= 15 is 0 Å². The summed E-state index contributed by atoms with van der Waals surface area (Å²) in [5, 5.41) is 2.97. The van der Waals surface area contributed by atoms with E-state index in [1.54, 1.807) is 31.2 Å². The molecule has 0 aliphatic carbocycles. The number of nitrogens with zero attached hydrogens (tertiary/aromatic N) is 1. The molecule has 1 heterocycles. The van der Waals surface area contributed by atoms with Crippen molar-refractivity contribution in [3.05, 3.63) is 58.4 Å². The van der Waals surface area contributed by atoms with E-state index in [0.717, 1.165) is 5.56 Å². The molecular formula is C19H21ClN2O4. The molecule has 1 N–H and O–H groups in total. The number of benzene rings is 1. The van der Waals surface area contributed by atoms with Crippen molar-refractivity contribution in [3.8, 4) is 5.75 Å². The first-order valence-corrected chi connectivity index (χ1v) is 8.76. The molecule has 0 spiro atoms. The lowest BCUT2D eigenvalue weighted by Crippen LogP contribution is -2.26. The minimum atomic E-state index is -0.415. The zero-order valence-electron chi connectivity index (χ0n) is 14.8. The number of pyridine rings is 1. The number of aromatic nitrogens is 1. The molecule has 0 unspecified atom stereocenters. The van der Waals surface area contributed by atoms with Gasteiger partial charge in [-0.1, -0.05) is 17.7 Å². The summed E-state index contributed by atoms with van der Waals surface area (Å²) in [6, 6.07) is 8.56. The topological polar surface area (TPSA) is 77.5 Å². The number of nitrogens with one attached hydrogen (secondary N) is 1. The molecule has 26 heavy (non-hydrogen) atoms. The first kappa shape index (κ1) is 19.7. The van der Waals surface area contributed by atoms with Crippen LogP contribution in [0.25, 0.3) is 0 Å². The van der Waals surface area contributed by atoms with Gasteiger partial charge < -0.3 is 14.8 Å². The Morgan fingerprint density at radius 2 is 1.96 bits per heavy atom. The van der Waals surface area contributed by atoms with Crippen LogP contribution in [0.2, 0.25) is 5.15 Å². The van der Waals surface area contributed by atoms with Gasteiger partial charge in [0.1, 0.15) is 16.5 Å². The Hall–Kier alpha value is -2.60. The number of halogens is 1. The largest absolute Gasteiger partial charge is 0.493 e. The van der Waals surface area contributed by atoms with Crippen molar-refractivity contribution >= 4 is 23.5 Å². The summed E-state index contributed by atoms with van der Waals surface area (Å²) in [7, 11) is 0. The molecule has 0 saturated heterocycles. The number of hydrogen-bond donors (Lipinski definition) is 1. The highest BCUT2D eigenvalue weighted by molar-refractivity contribution is 6.32. The first-order chi connectivity index (χ1) is 12.6. The molecule has 6 nitrogen and oxygen atoms in total. The van der Waals surface area contributed by atoms with Gasteiger partial charge in [0.05, 0.1) is 18.8 Å². The van der Waals surface area contributed by atoms with Gasteiger partial charge in [-0.05, 0) is 50.1 Å². The third-order valence-corrected chi connectivity index (χ3v) is 3.85. The zero-order valence-corrected chi connectivity index (χ0v) is 15.5. The summed E-state index contributed by atoms with van der Waals surface area (Å²) in [6.45, 7) is 4.75. The number of hydrogen-bond acceptors (Lipinski definition) is 5. The van der Waals surface area contributed by atoms with E-state index in [1.165, 1.54) is 6.20 Å². The molecular weight excluding hydrogens is 356 g/mol. The third-order valence-electron chi connectivity index (χ3n) is 3.54. The second kappa shape index (κ2) is 9.77. The first-order valence-electron chi connectivity index (χ1n) is 8.38. The van der Waals surface area contributed by atoms with Crippen molar-refractivity contribution in [1.82, 2.24) is 10.3 Å². The van der Waals surface area contributed by atoms with Crippen molar-refractivity contribution in [1.29, 1.82) is 0 Å². The van der Waals surface area contributed by atoms with Crippen molar-refractivity contribution in [2.24, 2.45) is 0 Å². The van der Waals surface area contributed by atoms with E-state index in [4.69, 9.17) is 21.1 Å². The Balaban J connectivity index is 2.01. The van der Waals surface area contributed by atoms with Crippen molar-refractivity contribution in [2.75, 3.05) is 19.8 Å². The van der Waals surface area contributed by atoms with Gasteiger partial charge in [0.15, 0.2) is 0 Å². The maximum absolute atomic E-state index is 12.1. The molecule has 1 aromatic carbocycles. The SMILES string of the molecule is CCOC(=O)c1ccc(CCNC(=O)c2cccnc2Cl)cc1OCC. The second-order valence-electron chi connectivity index (χ2n) is 5.33. The molecule has 1 amide bonds. The Kier molecular flexibility index (Phi) is 7.41. The molecule has 0 aliphatic heterocycles. The fourth-order valence-electron chi connectivity index (χ4n) is 2.35.